The standard InChI is InChI=1S/C27H30FN7O5/c1-16(2)9-23(29)26(36)38-15-19-11-25(32-40-19)24-6-3-17(12-30-24)21-5-4-18(10-22(21)28)35-14-20(39-27(35)37)13-34-8-7-31-33-34/h3-8,10-12,16,19-20,23,32H,9,13-15,29H2,1-2H3/t19-,20-,23-/m0/s1. The number of benzene rings is 1. The molecule has 0 aliphatic carbocycles. The zero-order chi connectivity index (χ0) is 28.2. The highest BCUT2D eigenvalue weighted by Gasteiger charge is 2.33. The second-order valence-electron chi connectivity index (χ2n) is 10.0. The lowest BCUT2D eigenvalue weighted by Gasteiger charge is -2.14. The van der Waals surface area contributed by atoms with E-state index in [0.717, 1.165) is 0 Å². The zero-order valence-corrected chi connectivity index (χ0v) is 22.1. The van der Waals surface area contributed by atoms with Gasteiger partial charge in [-0.2, -0.15) is 0 Å². The van der Waals surface area contributed by atoms with Gasteiger partial charge < -0.3 is 15.2 Å². The Bertz CT molecular complexity index is 1380. The summed E-state index contributed by atoms with van der Waals surface area (Å²) in [6, 6.07) is 7.36. The van der Waals surface area contributed by atoms with Crippen LogP contribution in [0.4, 0.5) is 14.9 Å². The molecule has 2 aliphatic rings. The molecular weight excluding hydrogens is 521 g/mol. The first-order valence-corrected chi connectivity index (χ1v) is 12.9. The molecule has 4 heterocycles. The van der Waals surface area contributed by atoms with E-state index >= 15 is 4.39 Å². The maximum absolute atomic E-state index is 15.1. The van der Waals surface area contributed by atoms with Crippen LogP contribution in [0.2, 0.25) is 0 Å². The van der Waals surface area contributed by atoms with Gasteiger partial charge in [-0.1, -0.05) is 25.1 Å². The number of hydrogen-bond acceptors (Lipinski definition) is 10. The zero-order valence-electron chi connectivity index (χ0n) is 22.1. The van der Waals surface area contributed by atoms with Crippen molar-refractivity contribution in [2.24, 2.45) is 11.7 Å². The van der Waals surface area contributed by atoms with Crippen molar-refractivity contribution in [3.63, 3.8) is 0 Å². The van der Waals surface area contributed by atoms with E-state index in [-0.39, 0.29) is 19.1 Å². The van der Waals surface area contributed by atoms with Gasteiger partial charge in [0.05, 0.1) is 36.4 Å². The van der Waals surface area contributed by atoms with E-state index in [2.05, 4.69) is 20.8 Å². The van der Waals surface area contributed by atoms with Crippen LogP contribution in [0.5, 0.6) is 0 Å². The van der Waals surface area contributed by atoms with Crippen molar-refractivity contribution < 1.29 is 28.3 Å². The molecule has 0 unspecified atom stereocenters. The molecule has 0 bridgehead atoms. The van der Waals surface area contributed by atoms with Crippen LogP contribution in [0.3, 0.4) is 0 Å². The Labute approximate surface area is 229 Å². The number of hydrogen-bond donors (Lipinski definition) is 2. The quantitative estimate of drug-likeness (QED) is 0.361. The fourth-order valence-electron chi connectivity index (χ4n) is 4.47. The molecule has 1 fully saturated rings. The van der Waals surface area contributed by atoms with Gasteiger partial charge in [0.15, 0.2) is 0 Å². The molecule has 1 amide bonds. The fourth-order valence-corrected chi connectivity index (χ4v) is 4.47. The summed E-state index contributed by atoms with van der Waals surface area (Å²) in [6.07, 6.45) is 5.60. The Hall–Kier alpha value is -4.36. The molecule has 40 heavy (non-hydrogen) atoms. The number of rotatable bonds is 10. The van der Waals surface area contributed by atoms with Gasteiger partial charge in [0.1, 0.15) is 30.7 Å². The smallest absolute Gasteiger partial charge is 0.414 e. The number of nitrogens with one attached hydrogen (secondary N) is 1. The van der Waals surface area contributed by atoms with Gasteiger partial charge in [0.25, 0.3) is 0 Å². The summed E-state index contributed by atoms with van der Waals surface area (Å²) in [7, 11) is 0. The molecule has 1 aromatic carbocycles. The Morgan fingerprint density at radius 2 is 2.15 bits per heavy atom. The van der Waals surface area contributed by atoms with Crippen LogP contribution in [-0.2, 0) is 25.7 Å². The minimum atomic E-state index is -0.673. The van der Waals surface area contributed by atoms with Crippen LogP contribution in [0.15, 0.2) is 55.0 Å². The van der Waals surface area contributed by atoms with Crippen LogP contribution in [0.25, 0.3) is 16.8 Å². The predicted octanol–water partition coefficient (Wildman–Crippen LogP) is 2.67. The molecule has 5 rings (SSSR count). The number of halogens is 1. The molecule has 1 saturated heterocycles. The summed E-state index contributed by atoms with van der Waals surface area (Å²) in [5.74, 6) is -0.686. The van der Waals surface area contributed by atoms with E-state index in [1.54, 1.807) is 53.6 Å². The Kier molecular flexibility index (Phi) is 8.03. The van der Waals surface area contributed by atoms with Crippen molar-refractivity contribution in [2.45, 2.75) is 45.1 Å². The van der Waals surface area contributed by atoms with Crippen LogP contribution >= 0.6 is 0 Å². The lowest BCUT2D eigenvalue weighted by atomic mass is 10.1. The van der Waals surface area contributed by atoms with E-state index in [0.29, 0.717) is 41.2 Å². The van der Waals surface area contributed by atoms with Gasteiger partial charge in [-0.25, -0.2) is 13.9 Å². The monoisotopic (exact) mass is 551 g/mol. The van der Waals surface area contributed by atoms with E-state index in [1.807, 2.05) is 13.8 Å². The molecule has 3 atom stereocenters. The number of esters is 1. The largest absolute Gasteiger partial charge is 0.461 e. The molecule has 3 N–H and O–H groups in total. The van der Waals surface area contributed by atoms with E-state index < -0.39 is 36.1 Å². The van der Waals surface area contributed by atoms with E-state index in [1.165, 1.54) is 11.0 Å². The number of carbonyl (C=O) groups excluding carboxylic acids is 2. The van der Waals surface area contributed by atoms with Crippen LogP contribution in [-0.4, -0.2) is 63.4 Å². The van der Waals surface area contributed by atoms with Crippen molar-refractivity contribution >= 4 is 23.4 Å². The number of aromatic nitrogens is 4. The average Bonchev–Trinajstić information content (AvgIpc) is 3.69. The summed E-state index contributed by atoms with van der Waals surface area (Å²) in [5.41, 5.74) is 11.1. The average molecular weight is 552 g/mol. The first-order valence-electron chi connectivity index (χ1n) is 12.9. The van der Waals surface area contributed by atoms with Gasteiger partial charge in [-0.15, -0.1) is 5.10 Å². The molecule has 210 valence electrons. The van der Waals surface area contributed by atoms with Gasteiger partial charge in [0.2, 0.25) is 0 Å². The minimum absolute atomic E-state index is 0.0164. The van der Waals surface area contributed by atoms with E-state index in [9.17, 15) is 9.59 Å². The summed E-state index contributed by atoms with van der Waals surface area (Å²) < 4.78 is 27.4. The maximum atomic E-state index is 15.1. The van der Waals surface area contributed by atoms with Crippen molar-refractivity contribution in [2.75, 3.05) is 18.1 Å². The highest BCUT2D eigenvalue weighted by Crippen LogP contribution is 2.30. The molecule has 12 nitrogen and oxygen atoms in total. The molecular formula is C27H30FN7O5. The Morgan fingerprint density at radius 1 is 1.30 bits per heavy atom. The number of amides is 1. The van der Waals surface area contributed by atoms with Gasteiger partial charge >= 0.3 is 12.1 Å². The molecule has 0 spiro atoms. The summed E-state index contributed by atoms with van der Waals surface area (Å²) in [4.78, 5) is 35.7. The predicted molar refractivity (Wildman–Crippen MR) is 142 cm³/mol. The summed E-state index contributed by atoms with van der Waals surface area (Å²) in [6.45, 7) is 4.61. The van der Waals surface area contributed by atoms with Crippen LogP contribution in [0, 0.1) is 11.7 Å². The molecule has 0 saturated carbocycles. The third kappa shape index (κ3) is 6.26. The third-order valence-electron chi connectivity index (χ3n) is 6.44. The number of hydroxylamine groups is 1. The van der Waals surface area contributed by atoms with Crippen LogP contribution in [0.1, 0.15) is 26.0 Å². The van der Waals surface area contributed by atoms with E-state index in [4.69, 9.17) is 20.0 Å². The Morgan fingerprint density at radius 3 is 2.85 bits per heavy atom. The van der Waals surface area contributed by atoms with Crippen molar-refractivity contribution in [1.82, 2.24) is 25.5 Å². The molecule has 2 aromatic heterocycles. The van der Waals surface area contributed by atoms with Crippen molar-refractivity contribution in [1.29, 1.82) is 0 Å². The molecule has 2 aliphatic heterocycles. The SMILES string of the molecule is CC(C)C[C@H](N)C(=O)OC[C@@H]1C=C(c2ccc(-c3ccc(N4C[C@H](Cn5ccnn5)OC4=O)cc3F)cn2)NO1. The topological polar surface area (TPSA) is 147 Å². The number of ether oxygens (including phenoxy) is 2. The summed E-state index contributed by atoms with van der Waals surface area (Å²) in [5, 5.41) is 7.62. The lowest BCUT2D eigenvalue weighted by molar-refractivity contribution is -0.149. The third-order valence-corrected chi connectivity index (χ3v) is 6.44. The number of carbonyl (C=O) groups is 2. The lowest BCUT2D eigenvalue weighted by Crippen LogP contribution is -2.35. The second kappa shape index (κ2) is 11.8. The number of nitrogens with two attached hydrogens (primary N) is 1. The fraction of sp³-hybridized carbons (Fsp3) is 0.370. The highest BCUT2D eigenvalue weighted by molar-refractivity contribution is 5.90. The second-order valence-corrected chi connectivity index (χ2v) is 10.0. The van der Waals surface area contributed by atoms with Crippen LogP contribution < -0.4 is 16.1 Å². The molecule has 0 radical (unpaired) electrons. The first-order chi connectivity index (χ1) is 19.3. The van der Waals surface area contributed by atoms with Crippen molar-refractivity contribution in [3.05, 3.63) is 66.5 Å². The Balaban J connectivity index is 1.19. The first kappa shape index (κ1) is 27.2. The van der Waals surface area contributed by atoms with Gasteiger partial charge in [0, 0.05) is 23.5 Å². The van der Waals surface area contributed by atoms with Gasteiger partial charge in [-0.05, 0) is 42.7 Å². The van der Waals surface area contributed by atoms with Crippen molar-refractivity contribution in [3.8, 4) is 11.1 Å². The minimum Gasteiger partial charge on any atom is -0.461 e. The molecule has 13 heteroatoms. The number of nitrogens with zero attached hydrogens (tertiary/aromatic N) is 5. The summed E-state index contributed by atoms with van der Waals surface area (Å²) >= 11 is 0. The van der Waals surface area contributed by atoms with Gasteiger partial charge in [-0.3, -0.25) is 25.0 Å². The highest BCUT2D eigenvalue weighted by atomic mass is 19.1. The number of cyclic esters (lactones) is 1. The molecule has 3 aromatic rings. The number of anilines is 1. The maximum Gasteiger partial charge on any atom is 0.414 e. The normalized spacial score (nSPS) is 19.4. The number of pyridine rings is 1.